The van der Waals surface area contributed by atoms with Gasteiger partial charge >= 0.3 is 0 Å². The second kappa shape index (κ2) is 10.7. The Bertz CT molecular complexity index is 719. The minimum atomic E-state index is -0.0910. The number of amides is 1. The van der Waals surface area contributed by atoms with E-state index < -0.39 is 0 Å². The van der Waals surface area contributed by atoms with Gasteiger partial charge in [-0.3, -0.25) is 4.79 Å². The lowest BCUT2D eigenvalue weighted by molar-refractivity contribution is -0.122. The molecule has 1 aliphatic rings. The Kier molecular flexibility index (Phi) is 8.36. The van der Waals surface area contributed by atoms with Crippen LogP contribution in [-0.4, -0.2) is 30.1 Å². The molecule has 146 valence electrons. The molecule has 6 nitrogen and oxygen atoms in total. The van der Waals surface area contributed by atoms with E-state index in [1.54, 1.807) is 6.20 Å². The van der Waals surface area contributed by atoms with Crippen LogP contribution in [0.4, 0.5) is 0 Å². The van der Waals surface area contributed by atoms with Gasteiger partial charge in [-0.2, -0.15) is 0 Å². The molecule has 1 aliphatic heterocycles. The van der Waals surface area contributed by atoms with E-state index in [9.17, 15) is 4.79 Å². The quantitative estimate of drug-likeness (QED) is 0.721. The average Bonchev–Trinajstić information content (AvgIpc) is 3.21. The zero-order valence-corrected chi connectivity index (χ0v) is 16.3. The van der Waals surface area contributed by atoms with Crippen LogP contribution in [0, 0.1) is 0 Å². The summed E-state index contributed by atoms with van der Waals surface area (Å²) in [7, 11) is 0. The summed E-state index contributed by atoms with van der Waals surface area (Å²) in [5, 5.41) is 6.15. The molecule has 2 heterocycles. The van der Waals surface area contributed by atoms with E-state index in [1.807, 2.05) is 36.4 Å². The van der Waals surface area contributed by atoms with Crippen molar-refractivity contribution in [3.63, 3.8) is 0 Å². The molecule has 0 aliphatic carbocycles. The minimum absolute atomic E-state index is 0. The Labute approximate surface area is 166 Å². The predicted molar refractivity (Wildman–Crippen MR) is 107 cm³/mol. The highest BCUT2D eigenvalue weighted by atomic mass is 35.5. The van der Waals surface area contributed by atoms with Crippen molar-refractivity contribution < 1.29 is 14.3 Å². The van der Waals surface area contributed by atoms with Gasteiger partial charge in [0.25, 0.3) is 0 Å². The fourth-order valence-electron chi connectivity index (χ4n) is 2.80. The molecule has 1 aromatic heterocycles. The van der Waals surface area contributed by atoms with Gasteiger partial charge in [-0.25, -0.2) is 4.98 Å². The Balaban J connectivity index is 0.00000261. The number of hydrogen-bond donors (Lipinski definition) is 2. The van der Waals surface area contributed by atoms with Gasteiger partial charge in [-0.05, 0) is 56.1 Å². The van der Waals surface area contributed by atoms with Gasteiger partial charge in [0.15, 0.2) is 0 Å². The molecule has 7 heteroatoms. The summed E-state index contributed by atoms with van der Waals surface area (Å²) in [5.74, 6) is 2.01. The van der Waals surface area contributed by atoms with Crippen LogP contribution in [0.2, 0.25) is 0 Å². The SMILES string of the molecule is CCCOc1ccc(Oc2ncccc2CNC(=O)C2CCCN2)cc1.Cl. The Morgan fingerprint density at radius 3 is 2.74 bits per heavy atom. The molecule has 1 fully saturated rings. The molecule has 0 saturated carbocycles. The van der Waals surface area contributed by atoms with Gasteiger partial charge in [0.05, 0.1) is 12.6 Å². The largest absolute Gasteiger partial charge is 0.494 e. The number of carbonyl (C=O) groups excluding carboxylic acids is 1. The molecular weight excluding hydrogens is 366 g/mol. The van der Waals surface area contributed by atoms with Crippen molar-refractivity contribution in [1.82, 2.24) is 15.6 Å². The summed E-state index contributed by atoms with van der Waals surface area (Å²) < 4.78 is 11.5. The monoisotopic (exact) mass is 391 g/mol. The standard InChI is InChI=1S/C20H25N3O3.ClH/c1-2-13-25-16-7-9-17(10-8-16)26-20-15(5-3-12-22-20)14-23-19(24)18-6-4-11-21-18;/h3,5,7-10,12,18,21H,2,4,6,11,13-14H2,1H3,(H,23,24);1H. The number of hydrogen-bond acceptors (Lipinski definition) is 5. The molecule has 2 N–H and O–H groups in total. The molecule has 0 spiro atoms. The van der Waals surface area contributed by atoms with Crippen LogP contribution in [0.3, 0.4) is 0 Å². The molecule has 3 rings (SSSR count). The third kappa shape index (κ3) is 6.12. The first-order valence-corrected chi connectivity index (χ1v) is 9.12. The van der Waals surface area contributed by atoms with Crippen LogP contribution in [0.1, 0.15) is 31.7 Å². The molecule has 1 saturated heterocycles. The van der Waals surface area contributed by atoms with E-state index in [1.165, 1.54) is 0 Å². The number of nitrogens with one attached hydrogen (secondary N) is 2. The fourth-order valence-corrected chi connectivity index (χ4v) is 2.80. The maximum Gasteiger partial charge on any atom is 0.237 e. The number of nitrogens with zero attached hydrogens (tertiary/aromatic N) is 1. The van der Waals surface area contributed by atoms with Crippen LogP contribution < -0.4 is 20.1 Å². The van der Waals surface area contributed by atoms with E-state index in [4.69, 9.17) is 9.47 Å². The second-order valence-corrected chi connectivity index (χ2v) is 6.26. The van der Waals surface area contributed by atoms with Crippen molar-refractivity contribution in [2.24, 2.45) is 0 Å². The first kappa shape index (κ1) is 21.0. The maximum atomic E-state index is 12.2. The third-order valence-electron chi connectivity index (χ3n) is 4.19. The average molecular weight is 392 g/mol. The van der Waals surface area contributed by atoms with Gasteiger partial charge in [-0.15, -0.1) is 12.4 Å². The Morgan fingerprint density at radius 1 is 1.26 bits per heavy atom. The zero-order chi connectivity index (χ0) is 18.2. The van der Waals surface area contributed by atoms with Crippen LogP contribution in [0.25, 0.3) is 0 Å². The number of carbonyl (C=O) groups is 1. The van der Waals surface area contributed by atoms with Crippen LogP contribution in [0.5, 0.6) is 17.4 Å². The van der Waals surface area contributed by atoms with E-state index in [0.717, 1.165) is 37.1 Å². The highest BCUT2D eigenvalue weighted by molar-refractivity contribution is 5.85. The first-order chi connectivity index (χ1) is 12.8. The molecule has 0 bridgehead atoms. The Morgan fingerprint density at radius 2 is 2.04 bits per heavy atom. The van der Waals surface area contributed by atoms with Crippen LogP contribution >= 0.6 is 12.4 Å². The number of benzene rings is 1. The van der Waals surface area contributed by atoms with Crippen LogP contribution in [-0.2, 0) is 11.3 Å². The van der Waals surface area contributed by atoms with Gasteiger partial charge in [0.2, 0.25) is 11.8 Å². The molecular formula is C20H26ClN3O3. The minimum Gasteiger partial charge on any atom is -0.494 e. The zero-order valence-electron chi connectivity index (χ0n) is 15.4. The van der Waals surface area contributed by atoms with Gasteiger partial charge < -0.3 is 20.1 Å². The van der Waals surface area contributed by atoms with Crippen molar-refractivity contribution in [3.8, 4) is 17.4 Å². The van der Waals surface area contributed by atoms with Crippen molar-refractivity contribution in [2.45, 2.75) is 38.8 Å². The molecule has 1 unspecified atom stereocenters. The number of pyridine rings is 1. The Hall–Kier alpha value is -2.31. The van der Waals surface area contributed by atoms with Gasteiger partial charge in [-0.1, -0.05) is 13.0 Å². The number of rotatable bonds is 8. The smallest absolute Gasteiger partial charge is 0.237 e. The lowest BCUT2D eigenvalue weighted by Crippen LogP contribution is -2.40. The van der Waals surface area contributed by atoms with Crippen molar-refractivity contribution in [2.75, 3.05) is 13.2 Å². The highest BCUT2D eigenvalue weighted by Gasteiger charge is 2.21. The van der Waals surface area contributed by atoms with E-state index >= 15 is 0 Å². The molecule has 1 amide bonds. The maximum absolute atomic E-state index is 12.2. The summed E-state index contributed by atoms with van der Waals surface area (Å²) in [5.41, 5.74) is 0.838. The van der Waals surface area contributed by atoms with E-state index in [2.05, 4.69) is 22.5 Å². The highest BCUT2D eigenvalue weighted by Crippen LogP contribution is 2.25. The molecule has 1 aromatic carbocycles. The molecule has 27 heavy (non-hydrogen) atoms. The number of halogens is 1. The molecule has 0 radical (unpaired) electrons. The van der Waals surface area contributed by atoms with E-state index in [-0.39, 0.29) is 24.4 Å². The van der Waals surface area contributed by atoms with E-state index in [0.29, 0.717) is 24.8 Å². The third-order valence-corrected chi connectivity index (χ3v) is 4.19. The summed E-state index contributed by atoms with van der Waals surface area (Å²) in [6.45, 7) is 4.05. The van der Waals surface area contributed by atoms with Crippen molar-refractivity contribution >= 4 is 18.3 Å². The van der Waals surface area contributed by atoms with Crippen LogP contribution in [0.15, 0.2) is 42.6 Å². The summed E-state index contributed by atoms with van der Waals surface area (Å²) in [6, 6.07) is 11.1. The first-order valence-electron chi connectivity index (χ1n) is 9.12. The topological polar surface area (TPSA) is 72.5 Å². The number of aromatic nitrogens is 1. The van der Waals surface area contributed by atoms with Crippen molar-refractivity contribution in [3.05, 3.63) is 48.2 Å². The summed E-state index contributed by atoms with van der Waals surface area (Å²) in [6.07, 6.45) is 4.57. The lowest BCUT2D eigenvalue weighted by Gasteiger charge is -2.13. The summed E-state index contributed by atoms with van der Waals surface area (Å²) >= 11 is 0. The number of ether oxygens (including phenoxy) is 2. The summed E-state index contributed by atoms with van der Waals surface area (Å²) in [4.78, 5) is 16.5. The second-order valence-electron chi connectivity index (χ2n) is 6.26. The predicted octanol–water partition coefficient (Wildman–Crippen LogP) is 3.45. The van der Waals surface area contributed by atoms with Crippen molar-refractivity contribution in [1.29, 1.82) is 0 Å². The fraction of sp³-hybridized carbons (Fsp3) is 0.400. The molecule has 2 aromatic rings. The normalized spacial score (nSPS) is 15.7. The molecule has 1 atom stereocenters. The van der Waals surface area contributed by atoms with Gasteiger partial charge in [0, 0.05) is 18.3 Å². The van der Waals surface area contributed by atoms with Gasteiger partial charge in [0.1, 0.15) is 11.5 Å². The lowest BCUT2D eigenvalue weighted by atomic mass is 10.2.